The molecule has 134 valence electrons. The van der Waals surface area contributed by atoms with Gasteiger partial charge in [-0.1, -0.05) is 11.6 Å². The Bertz CT molecular complexity index is 947. The Morgan fingerprint density at radius 2 is 1.69 bits per heavy atom. The number of phenols is 1. The number of nitrogens with one attached hydrogen (secondary N) is 1. The molecular formula is C19H17ClN2O4. The Morgan fingerprint density at radius 3 is 2.35 bits per heavy atom. The van der Waals surface area contributed by atoms with Crippen LogP contribution >= 0.6 is 11.6 Å². The van der Waals surface area contributed by atoms with E-state index in [1.54, 1.807) is 20.8 Å². The minimum absolute atomic E-state index is 0.130. The first-order chi connectivity index (χ1) is 12.1. The summed E-state index contributed by atoms with van der Waals surface area (Å²) in [5, 5.41) is 12.7. The highest BCUT2D eigenvalue weighted by atomic mass is 35.5. The number of carbonyl (C=O) groups is 3. The summed E-state index contributed by atoms with van der Waals surface area (Å²) in [6, 6.07) is 8.59. The summed E-state index contributed by atoms with van der Waals surface area (Å²) in [4.78, 5) is 38.7. The van der Waals surface area contributed by atoms with Gasteiger partial charge in [0.15, 0.2) is 0 Å². The Kier molecular flexibility index (Phi) is 4.24. The number of phenolic OH excluding ortho intramolecular Hbond substituents is 1. The molecule has 3 amide bonds. The highest BCUT2D eigenvalue weighted by Gasteiger charge is 2.42. The van der Waals surface area contributed by atoms with Crippen LogP contribution in [0.1, 0.15) is 51.8 Å². The molecule has 3 rings (SSSR count). The normalized spacial score (nSPS) is 13.8. The van der Waals surface area contributed by atoms with Gasteiger partial charge in [0.2, 0.25) is 0 Å². The van der Waals surface area contributed by atoms with E-state index in [2.05, 4.69) is 5.32 Å². The van der Waals surface area contributed by atoms with Crippen LogP contribution in [0, 0.1) is 0 Å². The standard InChI is InChI=1S/C19H17ClN2O4/c1-19(2,3)22-17(25)12-6-4-10(8-13(12)18(22)26)16(24)21-14-9-11(20)5-7-15(14)23/h4-9,23H,1-3H3,(H,21,24). The molecule has 26 heavy (non-hydrogen) atoms. The van der Waals surface area contributed by atoms with Crippen molar-refractivity contribution in [1.82, 2.24) is 4.90 Å². The summed E-state index contributed by atoms with van der Waals surface area (Å²) in [5.41, 5.74) is 0.143. The maximum absolute atomic E-state index is 12.6. The van der Waals surface area contributed by atoms with Gasteiger partial charge in [-0.25, -0.2) is 0 Å². The van der Waals surface area contributed by atoms with Crippen LogP contribution in [-0.4, -0.2) is 33.3 Å². The number of benzene rings is 2. The van der Waals surface area contributed by atoms with Crippen LogP contribution in [-0.2, 0) is 0 Å². The average molecular weight is 373 g/mol. The van der Waals surface area contributed by atoms with Crippen LogP contribution in [0.15, 0.2) is 36.4 Å². The van der Waals surface area contributed by atoms with Crippen LogP contribution in [0.4, 0.5) is 5.69 Å². The third-order valence-electron chi connectivity index (χ3n) is 4.03. The van der Waals surface area contributed by atoms with E-state index in [0.717, 1.165) is 0 Å². The predicted octanol–water partition coefficient (Wildman–Crippen LogP) is 3.69. The fraction of sp³-hybridized carbons (Fsp3) is 0.211. The molecule has 0 atom stereocenters. The molecule has 0 saturated carbocycles. The summed E-state index contributed by atoms with van der Waals surface area (Å²) < 4.78 is 0. The topological polar surface area (TPSA) is 86.7 Å². The molecule has 0 aliphatic carbocycles. The van der Waals surface area contributed by atoms with Crippen molar-refractivity contribution in [3.63, 3.8) is 0 Å². The molecule has 0 saturated heterocycles. The summed E-state index contributed by atoms with van der Waals surface area (Å²) in [5.74, 6) is -1.47. The minimum Gasteiger partial charge on any atom is -0.506 e. The fourth-order valence-corrected chi connectivity index (χ4v) is 2.97. The van der Waals surface area contributed by atoms with Gasteiger partial charge in [-0.05, 0) is 57.2 Å². The van der Waals surface area contributed by atoms with Crippen molar-refractivity contribution in [2.75, 3.05) is 5.32 Å². The van der Waals surface area contributed by atoms with Gasteiger partial charge in [0, 0.05) is 16.1 Å². The Labute approximate surface area is 155 Å². The number of nitrogens with zero attached hydrogens (tertiary/aromatic N) is 1. The van der Waals surface area contributed by atoms with E-state index >= 15 is 0 Å². The second-order valence-electron chi connectivity index (χ2n) is 6.99. The Morgan fingerprint density at radius 1 is 1.04 bits per heavy atom. The number of rotatable bonds is 2. The summed E-state index contributed by atoms with van der Waals surface area (Å²) in [6.45, 7) is 5.30. The number of fused-ring (bicyclic) bond motifs is 1. The van der Waals surface area contributed by atoms with Crippen LogP contribution in [0.3, 0.4) is 0 Å². The van der Waals surface area contributed by atoms with Gasteiger partial charge < -0.3 is 10.4 Å². The van der Waals surface area contributed by atoms with Crippen molar-refractivity contribution >= 4 is 35.0 Å². The number of amides is 3. The number of imide groups is 1. The number of hydrogen-bond acceptors (Lipinski definition) is 4. The van der Waals surface area contributed by atoms with Crippen LogP contribution in [0.5, 0.6) is 5.75 Å². The van der Waals surface area contributed by atoms with Gasteiger partial charge in [-0.15, -0.1) is 0 Å². The molecule has 0 fully saturated rings. The van der Waals surface area contributed by atoms with Crippen molar-refractivity contribution in [1.29, 1.82) is 0 Å². The van der Waals surface area contributed by atoms with Crippen LogP contribution < -0.4 is 5.32 Å². The van der Waals surface area contributed by atoms with Crippen LogP contribution in [0.2, 0.25) is 5.02 Å². The Balaban J connectivity index is 1.92. The zero-order valence-electron chi connectivity index (χ0n) is 14.5. The second kappa shape index (κ2) is 6.14. The lowest BCUT2D eigenvalue weighted by molar-refractivity contribution is 0.0507. The molecule has 1 aliphatic rings. The molecule has 1 heterocycles. The maximum Gasteiger partial charge on any atom is 0.262 e. The first kappa shape index (κ1) is 17.9. The van der Waals surface area contributed by atoms with Gasteiger partial charge in [0.05, 0.1) is 16.8 Å². The van der Waals surface area contributed by atoms with Crippen molar-refractivity contribution in [3.8, 4) is 5.75 Å². The number of aromatic hydroxyl groups is 1. The highest BCUT2D eigenvalue weighted by Crippen LogP contribution is 2.31. The highest BCUT2D eigenvalue weighted by molar-refractivity contribution is 6.31. The molecule has 0 aromatic heterocycles. The SMILES string of the molecule is CC(C)(C)N1C(=O)c2ccc(C(=O)Nc3cc(Cl)ccc3O)cc2C1=O. The van der Waals surface area contributed by atoms with Gasteiger partial charge in [-0.2, -0.15) is 0 Å². The summed E-state index contributed by atoms with van der Waals surface area (Å²) in [7, 11) is 0. The number of hydrogen-bond donors (Lipinski definition) is 2. The molecule has 7 heteroatoms. The molecule has 0 spiro atoms. The molecule has 0 unspecified atom stereocenters. The first-order valence-electron chi connectivity index (χ1n) is 7.92. The molecule has 2 N–H and O–H groups in total. The van der Waals surface area contributed by atoms with Gasteiger partial charge >= 0.3 is 0 Å². The Hall–Kier alpha value is -2.86. The van der Waals surface area contributed by atoms with E-state index in [-0.39, 0.29) is 34.0 Å². The van der Waals surface area contributed by atoms with Gasteiger partial charge in [-0.3, -0.25) is 19.3 Å². The van der Waals surface area contributed by atoms with Crippen molar-refractivity contribution in [3.05, 3.63) is 58.1 Å². The third-order valence-corrected chi connectivity index (χ3v) is 4.26. The molecule has 2 aromatic carbocycles. The summed E-state index contributed by atoms with van der Waals surface area (Å²) >= 11 is 5.87. The monoisotopic (exact) mass is 372 g/mol. The van der Waals surface area contributed by atoms with Crippen molar-refractivity contribution in [2.45, 2.75) is 26.3 Å². The number of halogens is 1. The fourth-order valence-electron chi connectivity index (χ4n) is 2.79. The lowest BCUT2D eigenvalue weighted by atomic mass is 10.1. The van der Waals surface area contributed by atoms with Crippen molar-refractivity contribution in [2.24, 2.45) is 0 Å². The van der Waals surface area contributed by atoms with E-state index < -0.39 is 17.4 Å². The maximum atomic E-state index is 12.6. The average Bonchev–Trinajstić information content (AvgIpc) is 2.81. The lowest BCUT2D eigenvalue weighted by Crippen LogP contribution is -2.45. The van der Waals surface area contributed by atoms with E-state index in [0.29, 0.717) is 5.02 Å². The molecule has 0 radical (unpaired) electrons. The molecular weight excluding hydrogens is 356 g/mol. The molecule has 2 aromatic rings. The molecule has 0 bridgehead atoms. The quantitative estimate of drug-likeness (QED) is 0.621. The number of carbonyl (C=O) groups excluding carboxylic acids is 3. The minimum atomic E-state index is -0.664. The number of anilines is 1. The molecule has 1 aliphatic heterocycles. The zero-order chi connectivity index (χ0) is 19.2. The lowest BCUT2D eigenvalue weighted by Gasteiger charge is -2.29. The predicted molar refractivity (Wildman–Crippen MR) is 97.8 cm³/mol. The van der Waals surface area contributed by atoms with E-state index in [4.69, 9.17) is 11.6 Å². The first-order valence-corrected chi connectivity index (χ1v) is 8.30. The second-order valence-corrected chi connectivity index (χ2v) is 7.43. The van der Waals surface area contributed by atoms with E-state index in [1.807, 2.05) is 0 Å². The smallest absolute Gasteiger partial charge is 0.262 e. The van der Waals surface area contributed by atoms with Crippen LogP contribution in [0.25, 0.3) is 0 Å². The summed E-state index contributed by atoms with van der Waals surface area (Å²) in [6.07, 6.45) is 0. The molecule has 6 nitrogen and oxygen atoms in total. The van der Waals surface area contributed by atoms with Crippen molar-refractivity contribution < 1.29 is 19.5 Å². The van der Waals surface area contributed by atoms with E-state index in [1.165, 1.54) is 41.3 Å². The zero-order valence-corrected chi connectivity index (χ0v) is 15.2. The third kappa shape index (κ3) is 3.04. The largest absolute Gasteiger partial charge is 0.506 e. The van der Waals surface area contributed by atoms with E-state index in [9.17, 15) is 19.5 Å². The van der Waals surface area contributed by atoms with Gasteiger partial charge in [0.25, 0.3) is 17.7 Å². The van der Waals surface area contributed by atoms with Gasteiger partial charge in [0.1, 0.15) is 5.75 Å².